The minimum absolute atomic E-state index is 0.0109. The Bertz CT molecular complexity index is 669. The molecule has 24 heavy (non-hydrogen) atoms. The zero-order chi connectivity index (χ0) is 17.4. The van der Waals surface area contributed by atoms with Crippen molar-refractivity contribution in [1.82, 2.24) is 15.5 Å². The molecule has 0 unspecified atom stereocenters. The highest BCUT2D eigenvalue weighted by Gasteiger charge is 2.11. The van der Waals surface area contributed by atoms with Gasteiger partial charge < -0.3 is 10.6 Å². The monoisotopic (exact) mass is 362 g/mol. The molecule has 0 aliphatic heterocycles. The van der Waals surface area contributed by atoms with E-state index in [1.165, 1.54) is 28.7 Å². The number of thioether (sulfide) groups is 1. The summed E-state index contributed by atoms with van der Waals surface area (Å²) in [5.74, 6) is 0.316. The third-order valence-corrected chi connectivity index (χ3v) is 5.41. The number of amides is 1. The first-order chi connectivity index (χ1) is 11.6. The summed E-state index contributed by atoms with van der Waals surface area (Å²) in [5, 5.41) is 14.9. The SMILES string of the molecule is C=CCNc1nnc(SCC(=O)N[C@@H](C)c2ccc(CC)cc2)s1. The molecule has 1 aromatic heterocycles. The van der Waals surface area contributed by atoms with Gasteiger partial charge in [-0.2, -0.15) is 0 Å². The van der Waals surface area contributed by atoms with Crippen molar-refractivity contribution in [1.29, 1.82) is 0 Å². The van der Waals surface area contributed by atoms with Gasteiger partial charge in [-0.15, -0.1) is 16.8 Å². The Kier molecular flexibility index (Phi) is 7.27. The van der Waals surface area contributed by atoms with Crippen LogP contribution >= 0.6 is 23.1 Å². The Hall–Kier alpha value is -1.86. The van der Waals surface area contributed by atoms with Crippen molar-refractivity contribution in [3.8, 4) is 0 Å². The van der Waals surface area contributed by atoms with Crippen LogP contribution in [0.1, 0.15) is 31.0 Å². The maximum absolute atomic E-state index is 12.1. The average molecular weight is 363 g/mol. The van der Waals surface area contributed by atoms with Gasteiger partial charge in [0.25, 0.3) is 0 Å². The first kappa shape index (κ1) is 18.5. The summed E-state index contributed by atoms with van der Waals surface area (Å²) < 4.78 is 0.775. The third-order valence-electron chi connectivity index (χ3n) is 3.40. The van der Waals surface area contributed by atoms with Gasteiger partial charge in [0, 0.05) is 6.54 Å². The van der Waals surface area contributed by atoms with Crippen molar-refractivity contribution >= 4 is 34.1 Å². The zero-order valence-corrected chi connectivity index (χ0v) is 15.5. The van der Waals surface area contributed by atoms with E-state index in [2.05, 4.69) is 58.6 Å². The second kappa shape index (κ2) is 9.44. The van der Waals surface area contributed by atoms with Crippen LogP contribution in [-0.2, 0) is 11.2 Å². The maximum atomic E-state index is 12.1. The maximum Gasteiger partial charge on any atom is 0.230 e. The highest BCUT2D eigenvalue weighted by Crippen LogP contribution is 2.25. The Balaban J connectivity index is 1.79. The van der Waals surface area contributed by atoms with Crippen LogP contribution in [0.3, 0.4) is 0 Å². The lowest BCUT2D eigenvalue weighted by Crippen LogP contribution is -2.28. The normalized spacial score (nSPS) is 11.8. The average Bonchev–Trinajstić information content (AvgIpc) is 3.06. The molecule has 0 saturated carbocycles. The van der Waals surface area contributed by atoms with E-state index < -0.39 is 0 Å². The number of anilines is 1. The van der Waals surface area contributed by atoms with E-state index >= 15 is 0 Å². The van der Waals surface area contributed by atoms with Gasteiger partial charge in [-0.05, 0) is 24.5 Å². The largest absolute Gasteiger partial charge is 0.357 e. The molecule has 2 aromatic rings. The fraction of sp³-hybridized carbons (Fsp3) is 0.353. The van der Waals surface area contributed by atoms with Gasteiger partial charge in [0.2, 0.25) is 11.0 Å². The minimum Gasteiger partial charge on any atom is -0.357 e. The minimum atomic E-state index is -0.0112. The fourth-order valence-electron chi connectivity index (χ4n) is 2.03. The van der Waals surface area contributed by atoms with E-state index in [9.17, 15) is 4.79 Å². The first-order valence-electron chi connectivity index (χ1n) is 7.81. The number of aromatic nitrogens is 2. The van der Waals surface area contributed by atoms with Crippen molar-refractivity contribution in [2.24, 2.45) is 0 Å². The summed E-state index contributed by atoms with van der Waals surface area (Å²) in [4.78, 5) is 12.1. The molecule has 1 atom stereocenters. The van der Waals surface area contributed by atoms with E-state index in [1.54, 1.807) is 6.08 Å². The Morgan fingerprint density at radius 2 is 2.12 bits per heavy atom. The van der Waals surface area contributed by atoms with Crippen LogP contribution in [0, 0.1) is 0 Å². The third kappa shape index (κ3) is 5.65. The highest BCUT2D eigenvalue weighted by atomic mass is 32.2. The molecule has 0 aliphatic carbocycles. The summed E-state index contributed by atoms with van der Waals surface area (Å²) >= 11 is 2.83. The number of aryl methyl sites for hydroxylation is 1. The van der Waals surface area contributed by atoms with Crippen molar-refractivity contribution in [3.63, 3.8) is 0 Å². The lowest BCUT2D eigenvalue weighted by atomic mass is 10.1. The zero-order valence-electron chi connectivity index (χ0n) is 13.9. The van der Waals surface area contributed by atoms with Crippen LogP contribution in [0.15, 0.2) is 41.3 Å². The molecule has 0 spiro atoms. The molecule has 0 bridgehead atoms. The number of benzene rings is 1. The summed E-state index contributed by atoms with van der Waals surface area (Å²) in [5.41, 5.74) is 2.40. The van der Waals surface area contributed by atoms with E-state index in [1.807, 2.05) is 6.92 Å². The van der Waals surface area contributed by atoms with Gasteiger partial charge in [0.05, 0.1) is 11.8 Å². The van der Waals surface area contributed by atoms with E-state index in [0.29, 0.717) is 12.3 Å². The van der Waals surface area contributed by atoms with Crippen LogP contribution in [-0.4, -0.2) is 28.4 Å². The summed E-state index contributed by atoms with van der Waals surface area (Å²) in [7, 11) is 0. The van der Waals surface area contributed by atoms with Gasteiger partial charge in [-0.1, -0.05) is 60.4 Å². The van der Waals surface area contributed by atoms with Crippen LogP contribution < -0.4 is 10.6 Å². The number of hydrogen-bond donors (Lipinski definition) is 2. The molecular formula is C17H22N4OS2. The molecule has 1 amide bonds. The summed E-state index contributed by atoms with van der Waals surface area (Å²) in [6.45, 7) is 8.41. The van der Waals surface area contributed by atoms with Crippen LogP contribution in [0.4, 0.5) is 5.13 Å². The number of rotatable bonds is 9. The van der Waals surface area contributed by atoms with Gasteiger partial charge in [-0.25, -0.2) is 0 Å². The standard InChI is InChI=1S/C17H22N4OS2/c1-4-10-18-16-20-21-17(24-16)23-11-15(22)19-12(3)14-8-6-13(5-2)7-9-14/h4,6-9,12H,1,5,10-11H2,2-3H3,(H,18,20)(H,19,22)/t12-/m0/s1. The van der Waals surface area contributed by atoms with Crippen molar-refractivity contribution in [2.75, 3.05) is 17.6 Å². The molecule has 0 radical (unpaired) electrons. The second-order valence-corrected chi connectivity index (χ2v) is 7.42. The Morgan fingerprint density at radius 3 is 2.79 bits per heavy atom. The van der Waals surface area contributed by atoms with Crippen molar-refractivity contribution in [2.45, 2.75) is 30.6 Å². The van der Waals surface area contributed by atoms with Gasteiger partial charge in [0.15, 0.2) is 4.34 Å². The van der Waals surface area contributed by atoms with Crippen LogP contribution in [0.5, 0.6) is 0 Å². The van der Waals surface area contributed by atoms with Gasteiger partial charge in [-0.3, -0.25) is 4.79 Å². The predicted molar refractivity (Wildman–Crippen MR) is 102 cm³/mol. The molecule has 0 saturated heterocycles. The second-order valence-electron chi connectivity index (χ2n) is 5.22. The van der Waals surface area contributed by atoms with Crippen molar-refractivity contribution in [3.05, 3.63) is 48.0 Å². The fourth-order valence-corrected chi connectivity index (χ4v) is 3.60. The molecule has 0 aliphatic rings. The van der Waals surface area contributed by atoms with Crippen molar-refractivity contribution < 1.29 is 4.79 Å². The van der Waals surface area contributed by atoms with Crippen LogP contribution in [0.2, 0.25) is 0 Å². The Morgan fingerprint density at radius 1 is 1.38 bits per heavy atom. The number of hydrogen-bond acceptors (Lipinski definition) is 6. The number of nitrogens with zero attached hydrogens (tertiary/aromatic N) is 2. The topological polar surface area (TPSA) is 66.9 Å². The molecular weight excluding hydrogens is 340 g/mol. The number of nitrogens with one attached hydrogen (secondary N) is 2. The van der Waals surface area contributed by atoms with E-state index in [0.717, 1.165) is 21.5 Å². The lowest BCUT2D eigenvalue weighted by molar-refractivity contribution is -0.119. The number of carbonyl (C=O) groups is 1. The molecule has 1 aromatic carbocycles. The summed E-state index contributed by atoms with van der Waals surface area (Å²) in [6, 6.07) is 8.33. The Labute approximate surface area is 151 Å². The smallest absolute Gasteiger partial charge is 0.230 e. The molecule has 1 heterocycles. The molecule has 128 valence electrons. The van der Waals surface area contributed by atoms with E-state index in [4.69, 9.17) is 0 Å². The van der Waals surface area contributed by atoms with Crippen LogP contribution in [0.25, 0.3) is 0 Å². The highest BCUT2D eigenvalue weighted by molar-refractivity contribution is 8.01. The molecule has 0 fully saturated rings. The summed E-state index contributed by atoms with van der Waals surface area (Å²) in [6.07, 6.45) is 2.78. The van der Waals surface area contributed by atoms with Gasteiger partial charge >= 0.3 is 0 Å². The van der Waals surface area contributed by atoms with E-state index in [-0.39, 0.29) is 11.9 Å². The molecule has 2 rings (SSSR count). The molecule has 2 N–H and O–H groups in total. The lowest BCUT2D eigenvalue weighted by Gasteiger charge is -2.14. The first-order valence-corrected chi connectivity index (χ1v) is 9.61. The predicted octanol–water partition coefficient (Wildman–Crippen LogP) is 3.67. The quantitative estimate of drug-likeness (QED) is 0.526. The molecule has 5 nitrogen and oxygen atoms in total. The number of carbonyl (C=O) groups excluding carboxylic acids is 1. The molecule has 7 heteroatoms. The van der Waals surface area contributed by atoms with Gasteiger partial charge in [0.1, 0.15) is 0 Å².